The zero-order valence-electron chi connectivity index (χ0n) is 7.22. The number of hydrogen-bond acceptors (Lipinski definition) is 2. The lowest BCUT2D eigenvalue weighted by molar-refractivity contribution is -0.121. The van der Waals surface area contributed by atoms with Crippen molar-refractivity contribution in [1.82, 2.24) is 10.6 Å². The minimum atomic E-state index is -0.0887. The van der Waals surface area contributed by atoms with Gasteiger partial charge in [0.15, 0.2) is 0 Å². The van der Waals surface area contributed by atoms with Crippen LogP contribution in [0.15, 0.2) is 0 Å². The van der Waals surface area contributed by atoms with E-state index >= 15 is 0 Å². The van der Waals surface area contributed by atoms with Crippen LogP contribution in [0.2, 0.25) is 0 Å². The molecule has 1 fully saturated rings. The van der Waals surface area contributed by atoms with Crippen LogP contribution in [0.1, 0.15) is 26.2 Å². The molecule has 0 heterocycles. The van der Waals surface area contributed by atoms with Crippen molar-refractivity contribution in [2.45, 2.75) is 32.2 Å². The number of carbonyl (C=O) groups excluding carboxylic acids is 2. The molecule has 0 aromatic rings. The van der Waals surface area contributed by atoms with Crippen molar-refractivity contribution in [3.63, 3.8) is 0 Å². The Balaban J connectivity index is 1.97. The molecule has 0 spiro atoms. The third-order valence-electron chi connectivity index (χ3n) is 1.67. The van der Waals surface area contributed by atoms with Gasteiger partial charge in [0.25, 0.3) is 0 Å². The van der Waals surface area contributed by atoms with E-state index in [4.69, 9.17) is 0 Å². The summed E-state index contributed by atoms with van der Waals surface area (Å²) in [5.74, 6) is -0.0551. The fraction of sp³-hybridized carbons (Fsp3) is 0.750. The predicted molar refractivity (Wildman–Crippen MR) is 44.5 cm³/mol. The Morgan fingerprint density at radius 1 is 1.42 bits per heavy atom. The second kappa shape index (κ2) is 4.09. The van der Waals surface area contributed by atoms with Gasteiger partial charge in [0.05, 0.1) is 0 Å². The quantitative estimate of drug-likeness (QED) is 0.613. The molecule has 4 heteroatoms. The van der Waals surface area contributed by atoms with Crippen molar-refractivity contribution in [2.75, 3.05) is 6.54 Å². The van der Waals surface area contributed by atoms with Crippen LogP contribution in [0.5, 0.6) is 0 Å². The van der Waals surface area contributed by atoms with Crippen molar-refractivity contribution in [2.24, 2.45) is 0 Å². The lowest BCUT2D eigenvalue weighted by Gasteiger charge is -2.02. The molecular weight excluding hydrogens is 156 g/mol. The maximum Gasteiger partial charge on any atom is 0.221 e. The van der Waals surface area contributed by atoms with E-state index < -0.39 is 0 Å². The van der Waals surface area contributed by atoms with E-state index in [1.54, 1.807) is 0 Å². The highest BCUT2D eigenvalue weighted by molar-refractivity contribution is 5.78. The minimum Gasteiger partial charge on any atom is -0.356 e. The summed E-state index contributed by atoms with van der Waals surface area (Å²) in [5, 5.41) is 5.41. The van der Waals surface area contributed by atoms with E-state index in [1.165, 1.54) is 6.92 Å². The molecule has 1 aliphatic rings. The average molecular weight is 170 g/mol. The van der Waals surface area contributed by atoms with E-state index in [-0.39, 0.29) is 11.8 Å². The molecule has 1 rings (SSSR count). The maximum absolute atomic E-state index is 11.0. The van der Waals surface area contributed by atoms with Gasteiger partial charge in [-0.05, 0) is 12.8 Å². The summed E-state index contributed by atoms with van der Waals surface area (Å²) in [5.41, 5.74) is 0. The smallest absolute Gasteiger partial charge is 0.221 e. The van der Waals surface area contributed by atoms with E-state index in [0.717, 1.165) is 12.8 Å². The lowest BCUT2D eigenvalue weighted by Crippen LogP contribution is -2.30. The third kappa shape index (κ3) is 3.95. The second-order valence-electron chi connectivity index (χ2n) is 3.07. The molecule has 0 bridgehead atoms. The SMILES string of the molecule is CC(=O)NCCC(=O)NC1CC1. The first-order valence-corrected chi connectivity index (χ1v) is 4.22. The molecule has 4 nitrogen and oxygen atoms in total. The number of carbonyl (C=O) groups is 2. The Labute approximate surface area is 71.7 Å². The summed E-state index contributed by atoms with van der Waals surface area (Å²) in [4.78, 5) is 21.4. The monoisotopic (exact) mass is 170 g/mol. The van der Waals surface area contributed by atoms with E-state index in [0.29, 0.717) is 19.0 Å². The summed E-state index contributed by atoms with van der Waals surface area (Å²) in [6.07, 6.45) is 2.59. The Kier molecular flexibility index (Phi) is 3.08. The molecule has 2 N–H and O–H groups in total. The van der Waals surface area contributed by atoms with Crippen LogP contribution in [0.25, 0.3) is 0 Å². The first-order chi connectivity index (χ1) is 5.68. The molecule has 0 aromatic heterocycles. The van der Waals surface area contributed by atoms with Crippen LogP contribution in [-0.4, -0.2) is 24.4 Å². The van der Waals surface area contributed by atoms with Crippen LogP contribution >= 0.6 is 0 Å². The number of nitrogens with one attached hydrogen (secondary N) is 2. The first-order valence-electron chi connectivity index (χ1n) is 4.22. The summed E-state index contributed by atoms with van der Waals surface area (Å²) >= 11 is 0. The molecule has 0 unspecified atom stereocenters. The predicted octanol–water partition coefficient (Wildman–Crippen LogP) is -0.209. The van der Waals surface area contributed by atoms with Crippen molar-refractivity contribution in [1.29, 1.82) is 0 Å². The highest BCUT2D eigenvalue weighted by atomic mass is 16.2. The molecule has 0 aliphatic heterocycles. The van der Waals surface area contributed by atoms with Crippen LogP contribution < -0.4 is 10.6 Å². The van der Waals surface area contributed by atoms with Crippen LogP contribution in [-0.2, 0) is 9.59 Å². The molecule has 0 atom stereocenters. The van der Waals surface area contributed by atoms with Gasteiger partial charge in [-0.2, -0.15) is 0 Å². The third-order valence-corrected chi connectivity index (χ3v) is 1.67. The molecule has 68 valence electrons. The standard InChI is InChI=1S/C8H14N2O2/c1-6(11)9-5-4-8(12)10-7-2-3-7/h7H,2-5H2,1H3,(H,9,11)(H,10,12). The lowest BCUT2D eigenvalue weighted by atomic mass is 10.4. The van der Waals surface area contributed by atoms with Crippen molar-refractivity contribution in [3.05, 3.63) is 0 Å². The van der Waals surface area contributed by atoms with E-state index in [1.807, 2.05) is 0 Å². The van der Waals surface area contributed by atoms with Gasteiger partial charge in [0, 0.05) is 25.9 Å². The normalized spacial score (nSPS) is 15.4. The summed E-state index contributed by atoms with van der Waals surface area (Å²) < 4.78 is 0. The Hall–Kier alpha value is -1.06. The fourth-order valence-corrected chi connectivity index (χ4v) is 0.880. The summed E-state index contributed by atoms with van der Waals surface area (Å²) in [6, 6.07) is 0.412. The highest BCUT2D eigenvalue weighted by Crippen LogP contribution is 2.18. The van der Waals surface area contributed by atoms with Crippen LogP contribution in [0.4, 0.5) is 0 Å². The number of amides is 2. The maximum atomic E-state index is 11.0. The van der Waals surface area contributed by atoms with Gasteiger partial charge in [-0.25, -0.2) is 0 Å². The average Bonchev–Trinajstić information content (AvgIpc) is 2.70. The molecule has 12 heavy (non-hydrogen) atoms. The van der Waals surface area contributed by atoms with Crippen molar-refractivity contribution < 1.29 is 9.59 Å². The second-order valence-corrected chi connectivity index (χ2v) is 3.07. The Bertz CT molecular complexity index is 187. The number of rotatable bonds is 4. The van der Waals surface area contributed by atoms with Gasteiger partial charge >= 0.3 is 0 Å². The van der Waals surface area contributed by atoms with Crippen molar-refractivity contribution >= 4 is 11.8 Å². The highest BCUT2D eigenvalue weighted by Gasteiger charge is 2.22. The fourth-order valence-electron chi connectivity index (χ4n) is 0.880. The molecular formula is C8H14N2O2. The van der Waals surface area contributed by atoms with Crippen LogP contribution in [0.3, 0.4) is 0 Å². The van der Waals surface area contributed by atoms with Gasteiger partial charge in [-0.1, -0.05) is 0 Å². The van der Waals surface area contributed by atoms with Gasteiger partial charge < -0.3 is 10.6 Å². The van der Waals surface area contributed by atoms with Gasteiger partial charge in [0.1, 0.15) is 0 Å². The van der Waals surface area contributed by atoms with Crippen LogP contribution in [0, 0.1) is 0 Å². The molecule has 1 saturated carbocycles. The van der Waals surface area contributed by atoms with E-state index in [9.17, 15) is 9.59 Å². The Morgan fingerprint density at radius 3 is 2.58 bits per heavy atom. The zero-order valence-corrected chi connectivity index (χ0v) is 7.22. The van der Waals surface area contributed by atoms with Gasteiger partial charge in [-0.3, -0.25) is 9.59 Å². The van der Waals surface area contributed by atoms with Crippen molar-refractivity contribution in [3.8, 4) is 0 Å². The van der Waals surface area contributed by atoms with Gasteiger partial charge in [0.2, 0.25) is 11.8 Å². The molecule has 0 aromatic carbocycles. The number of hydrogen-bond donors (Lipinski definition) is 2. The Morgan fingerprint density at radius 2 is 2.08 bits per heavy atom. The molecule has 0 saturated heterocycles. The summed E-state index contributed by atoms with van der Waals surface area (Å²) in [6.45, 7) is 1.88. The zero-order chi connectivity index (χ0) is 8.97. The topological polar surface area (TPSA) is 58.2 Å². The molecule has 2 amide bonds. The largest absolute Gasteiger partial charge is 0.356 e. The molecule has 0 radical (unpaired) electrons. The van der Waals surface area contributed by atoms with E-state index in [2.05, 4.69) is 10.6 Å². The minimum absolute atomic E-state index is 0.0336. The van der Waals surface area contributed by atoms with Gasteiger partial charge in [-0.15, -0.1) is 0 Å². The molecule has 1 aliphatic carbocycles. The summed E-state index contributed by atoms with van der Waals surface area (Å²) in [7, 11) is 0. The first kappa shape index (κ1) is 9.03.